The van der Waals surface area contributed by atoms with Gasteiger partial charge in [-0.25, -0.2) is 4.98 Å². The Morgan fingerprint density at radius 3 is 2.88 bits per heavy atom. The number of anilines is 1. The van der Waals surface area contributed by atoms with Gasteiger partial charge in [-0.05, 0) is 25.2 Å². The van der Waals surface area contributed by atoms with E-state index in [0.717, 1.165) is 25.7 Å². The van der Waals surface area contributed by atoms with Crippen molar-refractivity contribution in [2.75, 3.05) is 18.1 Å². The van der Waals surface area contributed by atoms with Gasteiger partial charge in [-0.3, -0.25) is 19.3 Å². The van der Waals surface area contributed by atoms with Gasteiger partial charge in [0, 0.05) is 24.4 Å². The minimum Gasteiger partial charge on any atom is -0.455 e. The van der Waals surface area contributed by atoms with E-state index in [1.165, 1.54) is 17.8 Å². The number of aromatic nitrogens is 1. The molecule has 8 heteroatoms. The number of carbonyl (C=O) groups is 3. The van der Waals surface area contributed by atoms with E-state index in [4.69, 9.17) is 4.74 Å². The van der Waals surface area contributed by atoms with Crippen molar-refractivity contribution in [3.63, 3.8) is 0 Å². The molecule has 2 fully saturated rings. The Kier molecular flexibility index (Phi) is 6.24. The predicted octanol–water partition coefficient (Wildman–Crippen LogP) is 2.05. The first kappa shape index (κ1) is 18.8. The summed E-state index contributed by atoms with van der Waals surface area (Å²) in [6.45, 7) is 2.56. The highest BCUT2D eigenvalue weighted by atomic mass is 32.1. The molecule has 1 aromatic rings. The van der Waals surface area contributed by atoms with Crippen LogP contribution >= 0.6 is 11.3 Å². The van der Waals surface area contributed by atoms with Gasteiger partial charge in [0.1, 0.15) is 0 Å². The zero-order chi connectivity index (χ0) is 18.5. The second-order valence-electron chi connectivity index (χ2n) is 7.04. The molecule has 3 rings (SSSR count). The molecule has 0 unspecified atom stereocenters. The summed E-state index contributed by atoms with van der Waals surface area (Å²) in [6, 6.07) is 0.175. The Balaban J connectivity index is 1.42. The summed E-state index contributed by atoms with van der Waals surface area (Å²) >= 11 is 1.35. The number of nitrogens with one attached hydrogen (secondary N) is 1. The molecule has 7 nitrogen and oxygen atoms in total. The summed E-state index contributed by atoms with van der Waals surface area (Å²) in [5, 5.41) is 5.34. The molecule has 2 amide bonds. The van der Waals surface area contributed by atoms with Gasteiger partial charge in [-0.2, -0.15) is 0 Å². The molecule has 26 heavy (non-hydrogen) atoms. The van der Waals surface area contributed by atoms with Crippen molar-refractivity contribution >= 4 is 34.3 Å². The molecule has 1 aromatic heterocycles. The van der Waals surface area contributed by atoms with Gasteiger partial charge in [0.15, 0.2) is 11.7 Å². The topological polar surface area (TPSA) is 88.6 Å². The predicted molar refractivity (Wildman–Crippen MR) is 97.9 cm³/mol. The summed E-state index contributed by atoms with van der Waals surface area (Å²) in [4.78, 5) is 41.6. The van der Waals surface area contributed by atoms with Crippen molar-refractivity contribution in [2.45, 2.75) is 57.9 Å². The highest BCUT2D eigenvalue weighted by Gasteiger charge is 2.25. The zero-order valence-electron chi connectivity index (χ0n) is 15.0. The number of carbonyl (C=O) groups excluding carboxylic acids is 3. The lowest BCUT2D eigenvalue weighted by atomic mass is 9.86. The van der Waals surface area contributed by atoms with Crippen molar-refractivity contribution in [1.29, 1.82) is 0 Å². The standard InChI is InChI=1S/C18H25N3O4S/c1-12-5-2-3-6-14(12)20-15(22)10-25-17(24)9-13-11-26-18(19-13)21-8-4-7-16(21)23/h11-12,14H,2-10H2,1H3,(H,20,22)/t12-,14-/m1/s1. The van der Waals surface area contributed by atoms with Crippen LogP contribution in [0.2, 0.25) is 0 Å². The quantitative estimate of drug-likeness (QED) is 0.764. The number of rotatable bonds is 6. The second-order valence-corrected chi connectivity index (χ2v) is 7.88. The maximum Gasteiger partial charge on any atom is 0.312 e. The second kappa shape index (κ2) is 8.62. The lowest BCUT2D eigenvalue weighted by Crippen LogP contribution is -2.43. The van der Waals surface area contributed by atoms with E-state index in [0.29, 0.717) is 29.7 Å². The van der Waals surface area contributed by atoms with E-state index in [-0.39, 0.29) is 30.9 Å². The van der Waals surface area contributed by atoms with E-state index in [9.17, 15) is 14.4 Å². The molecule has 1 aliphatic heterocycles. The number of hydrogen-bond acceptors (Lipinski definition) is 6. The summed E-state index contributed by atoms with van der Waals surface area (Å²) in [6.07, 6.45) is 5.83. The molecule has 1 aliphatic carbocycles. The number of ether oxygens (including phenoxy) is 1. The van der Waals surface area contributed by atoms with Crippen LogP contribution in [0.3, 0.4) is 0 Å². The van der Waals surface area contributed by atoms with Crippen molar-refractivity contribution < 1.29 is 19.1 Å². The number of amides is 2. The minimum absolute atomic E-state index is 0.00560. The van der Waals surface area contributed by atoms with Crippen LogP contribution < -0.4 is 10.2 Å². The van der Waals surface area contributed by atoms with Crippen molar-refractivity contribution in [2.24, 2.45) is 5.92 Å². The largest absolute Gasteiger partial charge is 0.455 e. The molecule has 2 aliphatic rings. The Hall–Kier alpha value is -1.96. The molecular weight excluding hydrogens is 354 g/mol. The van der Waals surface area contributed by atoms with Crippen LogP contribution in [0.1, 0.15) is 51.1 Å². The molecule has 0 radical (unpaired) electrons. The third-order valence-electron chi connectivity index (χ3n) is 4.99. The van der Waals surface area contributed by atoms with E-state index < -0.39 is 5.97 Å². The van der Waals surface area contributed by atoms with E-state index >= 15 is 0 Å². The maximum absolute atomic E-state index is 12.0. The SMILES string of the molecule is C[C@@H]1CCCC[C@H]1NC(=O)COC(=O)Cc1csc(N2CCCC2=O)n1. The number of nitrogens with zero attached hydrogens (tertiary/aromatic N) is 2. The normalized spacial score (nSPS) is 23.1. The van der Waals surface area contributed by atoms with Gasteiger partial charge < -0.3 is 10.1 Å². The average molecular weight is 379 g/mol. The number of thiazole rings is 1. The molecule has 2 heterocycles. The first-order valence-electron chi connectivity index (χ1n) is 9.22. The molecule has 0 spiro atoms. The van der Waals surface area contributed by atoms with Crippen LogP contribution in [0.25, 0.3) is 0 Å². The summed E-state index contributed by atoms with van der Waals surface area (Å²) in [5.74, 6) is -0.201. The summed E-state index contributed by atoms with van der Waals surface area (Å²) < 4.78 is 5.07. The Morgan fingerprint density at radius 2 is 2.15 bits per heavy atom. The van der Waals surface area contributed by atoms with Gasteiger partial charge in [0.05, 0.1) is 12.1 Å². The van der Waals surface area contributed by atoms with Crippen molar-refractivity contribution in [3.05, 3.63) is 11.1 Å². The van der Waals surface area contributed by atoms with Gasteiger partial charge in [-0.15, -0.1) is 11.3 Å². The molecule has 0 bridgehead atoms. The molecule has 2 atom stereocenters. The Morgan fingerprint density at radius 1 is 1.35 bits per heavy atom. The van der Waals surface area contributed by atoms with Crippen molar-refractivity contribution in [3.8, 4) is 0 Å². The number of esters is 1. The fraction of sp³-hybridized carbons (Fsp3) is 0.667. The Labute approximate surface area is 157 Å². The lowest BCUT2D eigenvalue weighted by molar-refractivity contribution is -0.148. The molecule has 142 valence electrons. The summed E-state index contributed by atoms with van der Waals surface area (Å²) in [5.41, 5.74) is 0.566. The van der Waals surface area contributed by atoms with Crippen LogP contribution in [0, 0.1) is 5.92 Å². The van der Waals surface area contributed by atoms with Gasteiger partial charge in [0.2, 0.25) is 5.91 Å². The van der Waals surface area contributed by atoms with Crippen molar-refractivity contribution in [1.82, 2.24) is 10.3 Å². The van der Waals surface area contributed by atoms with Gasteiger partial charge >= 0.3 is 5.97 Å². The molecule has 0 aromatic carbocycles. The molecule has 1 saturated carbocycles. The average Bonchev–Trinajstić information content (AvgIpc) is 3.24. The molecule has 1 N–H and O–H groups in total. The fourth-order valence-corrected chi connectivity index (χ4v) is 4.34. The lowest BCUT2D eigenvalue weighted by Gasteiger charge is -2.29. The van der Waals surface area contributed by atoms with E-state index in [2.05, 4.69) is 17.2 Å². The smallest absolute Gasteiger partial charge is 0.312 e. The first-order chi connectivity index (χ1) is 12.5. The van der Waals surface area contributed by atoms with Gasteiger partial charge in [-0.1, -0.05) is 19.8 Å². The fourth-order valence-electron chi connectivity index (χ4n) is 3.48. The van der Waals surface area contributed by atoms with E-state index in [1.807, 2.05) is 0 Å². The van der Waals surface area contributed by atoms with Crippen LogP contribution in [0.4, 0.5) is 5.13 Å². The van der Waals surface area contributed by atoms with Crippen LogP contribution in [0.15, 0.2) is 5.38 Å². The molecular formula is C18H25N3O4S. The third kappa shape index (κ3) is 4.81. The summed E-state index contributed by atoms with van der Waals surface area (Å²) in [7, 11) is 0. The van der Waals surface area contributed by atoms with Crippen LogP contribution in [-0.2, 0) is 25.5 Å². The van der Waals surface area contributed by atoms with Crippen LogP contribution in [-0.4, -0.2) is 42.0 Å². The molecule has 1 saturated heterocycles. The first-order valence-corrected chi connectivity index (χ1v) is 10.1. The third-order valence-corrected chi connectivity index (χ3v) is 5.90. The number of hydrogen-bond donors (Lipinski definition) is 1. The van der Waals surface area contributed by atoms with E-state index in [1.54, 1.807) is 10.3 Å². The Bertz CT molecular complexity index is 675. The minimum atomic E-state index is -0.485. The highest BCUT2D eigenvalue weighted by molar-refractivity contribution is 7.14. The maximum atomic E-state index is 12.0. The van der Waals surface area contributed by atoms with Gasteiger partial charge in [0.25, 0.3) is 5.91 Å². The van der Waals surface area contributed by atoms with Crippen LogP contribution in [0.5, 0.6) is 0 Å². The zero-order valence-corrected chi connectivity index (χ0v) is 15.8. The monoisotopic (exact) mass is 379 g/mol. The highest BCUT2D eigenvalue weighted by Crippen LogP contribution is 2.25.